The van der Waals surface area contributed by atoms with Crippen molar-refractivity contribution in [1.29, 1.82) is 0 Å². The van der Waals surface area contributed by atoms with Gasteiger partial charge in [0.2, 0.25) is 11.0 Å². The Labute approximate surface area is 170 Å². The topological polar surface area (TPSA) is 75.1 Å². The molecular formula is C20H20BrN3O2S. The van der Waals surface area contributed by atoms with E-state index in [0.717, 1.165) is 21.2 Å². The van der Waals surface area contributed by atoms with Gasteiger partial charge in [0.1, 0.15) is 5.51 Å². The van der Waals surface area contributed by atoms with E-state index in [1.807, 2.05) is 62.4 Å². The number of rotatable bonds is 6. The Bertz CT molecular complexity index is 914. The SMILES string of the molecule is CC(C)(C(=O)Nc1nncs1)[C@H](c1ccccc1)c1ccc(CO)c(Br)c1. The van der Waals surface area contributed by atoms with E-state index in [9.17, 15) is 9.90 Å². The Morgan fingerprint density at radius 3 is 2.56 bits per heavy atom. The Morgan fingerprint density at radius 1 is 1.22 bits per heavy atom. The number of nitrogens with one attached hydrogen (secondary N) is 1. The predicted octanol–water partition coefficient (Wildman–Crippen LogP) is 4.59. The summed E-state index contributed by atoms with van der Waals surface area (Å²) in [6.45, 7) is 3.81. The van der Waals surface area contributed by atoms with Crippen LogP contribution < -0.4 is 5.32 Å². The molecule has 5 nitrogen and oxygen atoms in total. The van der Waals surface area contributed by atoms with Gasteiger partial charge in [0.15, 0.2) is 0 Å². The molecule has 0 fully saturated rings. The molecule has 1 aromatic heterocycles. The van der Waals surface area contributed by atoms with Crippen LogP contribution in [0.15, 0.2) is 58.5 Å². The first-order valence-corrected chi connectivity index (χ1v) is 10.1. The van der Waals surface area contributed by atoms with Crippen molar-refractivity contribution in [2.24, 2.45) is 5.41 Å². The van der Waals surface area contributed by atoms with Gasteiger partial charge in [0, 0.05) is 10.4 Å². The van der Waals surface area contributed by atoms with Crippen LogP contribution in [0.4, 0.5) is 5.13 Å². The number of hydrogen-bond donors (Lipinski definition) is 2. The van der Waals surface area contributed by atoms with Gasteiger partial charge in [0.25, 0.3) is 0 Å². The number of carbonyl (C=O) groups is 1. The summed E-state index contributed by atoms with van der Waals surface area (Å²) >= 11 is 4.81. The van der Waals surface area contributed by atoms with Crippen LogP contribution in [0.3, 0.4) is 0 Å². The molecule has 27 heavy (non-hydrogen) atoms. The molecule has 0 aliphatic carbocycles. The summed E-state index contributed by atoms with van der Waals surface area (Å²) in [7, 11) is 0. The van der Waals surface area contributed by atoms with E-state index in [4.69, 9.17) is 0 Å². The largest absolute Gasteiger partial charge is 0.392 e. The third-order valence-corrected chi connectivity index (χ3v) is 5.95. The van der Waals surface area contributed by atoms with E-state index < -0.39 is 5.41 Å². The van der Waals surface area contributed by atoms with Gasteiger partial charge in [-0.2, -0.15) is 0 Å². The van der Waals surface area contributed by atoms with Gasteiger partial charge in [-0.1, -0.05) is 83.6 Å². The minimum absolute atomic E-state index is 0.0439. The third-order valence-electron chi connectivity index (χ3n) is 4.60. The lowest BCUT2D eigenvalue weighted by atomic mass is 9.70. The molecule has 0 unspecified atom stereocenters. The number of anilines is 1. The van der Waals surface area contributed by atoms with Crippen molar-refractivity contribution < 1.29 is 9.90 Å². The van der Waals surface area contributed by atoms with Gasteiger partial charge in [-0.3, -0.25) is 4.79 Å². The Balaban J connectivity index is 2.04. The van der Waals surface area contributed by atoms with Gasteiger partial charge in [0.05, 0.1) is 12.0 Å². The summed E-state index contributed by atoms with van der Waals surface area (Å²) < 4.78 is 0.823. The second kappa shape index (κ2) is 8.29. The minimum atomic E-state index is -0.757. The standard InChI is InChI=1S/C20H20BrN3O2S/c1-20(2,18(26)23-19-24-22-12-27-19)17(13-6-4-3-5-7-13)14-8-9-15(11-25)16(21)10-14/h3-10,12,17,25H,11H2,1-2H3,(H,23,24,26)/t17-/m1/s1. The zero-order chi connectivity index (χ0) is 19.4. The molecule has 3 aromatic rings. The molecule has 140 valence electrons. The van der Waals surface area contributed by atoms with Crippen LogP contribution in [-0.2, 0) is 11.4 Å². The van der Waals surface area contributed by atoms with Gasteiger partial charge >= 0.3 is 0 Å². The third kappa shape index (κ3) is 4.26. The Hall–Kier alpha value is -2.09. The van der Waals surface area contributed by atoms with E-state index in [0.29, 0.717) is 5.13 Å². The molecule has 0 spiro atoms. The van der Waals surface area contributed by atoms with E-state index in [2.05, 4.69) is 31.4 Å². The van der Waals surface area contributed by atoms with Crippen molar-refractivity contribution in [2.45, 2.75) is 26.4 Å². The average molecular weight is 446 g/mol. The lowest BCUT2D eigenvalue weighted by Gasteiger charge is -2.34. The molecule has 0 aliphatic rings. The van der Waals surface area contributed by atoms with Crippen molar-refractivity contribution in [3.63, 3.8) is 0 Å². The average Bonchev–Trinajstić information content (AvgIpc) is 3.16. The second-order valence-corrected chi connectivity index (χ2v) is 8.46. The maximum Gasteiger partial charge on any atom is 0.232 e. The molecule has 0 aliphatic heterocycles. The quantitative estimate of drug-likeness (QED) is 0.581. The van der Waals surface area contributed by atoms with Crippen molar-refractivity contribution in [3.8, 4) is 0 Å². The molecule has 0 radical (unpaired) electrons. The van der Waals surface area contributed by atoms with Crippen LogP contribution in [0.2, 0.25) is 0 Å². The first-order valence-electron chi connectivity index (χ1n) is 8.45. The molecule has 7 heteroatoms. The molecule has 1 atom stereocenters. The number of aliphatic hydroxyl groups excluding tert-OH is 1. The molecule has 3 rings (SSSR count). The van der Waals surface area contributed by atoms with Crippen LogP contribution in [0.5, 0.6) is 0 Å². The lowest BCUT2D eigenvalue weighted by Crippen LogP contribution is -2.37. The fourth-order valence-electron chi connectivity index (χ4n) is 3.16. The van der Waals surface area contributed by atoms with E-state index in [1.54, 1.807) is 5.51 Å². The smallest absolute Gasteiger partial charge is 0.232 e. The zero-order valence-electron chi connectivity index (χ0n) is 15.0. The number of hydrogen-bond acceptors (Lipinski definition) is 5. The fraction of sp³-hybridized carbons (Fsp3) is 0.250. The maximum atomic E-state index is 13.1. The maximum absolute atomic E-state index is 13.1. The summed E-state index contributed by atoms with van der Waals surface area (Å²) in [6, 6.07) is 15.8. The highest BCUT2D eigenvalue weighted by atomic mass is 79.9. The summed E-state index contributed by atoms with van der Waals surface area (Å²) in [5.74, 6) is -0.314. The minimum Gasteiger partial charge on any atom is -0.392 e. The molecule has 0 bridgehead atoms. The van der Waals surface area contributed by atoms with E-state index in [-0.39, 0.29) is 18.4 Å². The molecule has 0 saturated carbocycles. The van der Waals surface area contributed by atoms with Crippen LogP contribution in [0.1, 0.15) is 36.5 Å². The van der Waals surface area contributed by atoms with E-state index >= 15 is 0 Å². The first-order chi connectivity index (χ1) is 12.9. The first kappa shape index (κ1) is 19.7. The number of carbonyl (C=O) groups excluding carboxylic acids is 1. The summed E-state index contributed by atoms with van der Waals surface area (Å²) in [5.41, 5.74) is 3.66. The highest BCUT2D eigenvalue weighted by Crippen LogP contribution is 2.42. The van der Waals surface area contributed by atoms with Crippen molar-refractivity contribution in [1.82, 2.24) is 10.2 Å². The van der Waals surface area contributed by atoms with Crippen LogP contribution in [-0.4, -0.2) is 21.2 Å². The molecule has 2 aromatic carbocycles. The number of aliphatic hydroxyl groups is 1. The Morgan fingerprint density at radius 2 is 1.96 bits per heavy atom. The Kier molecular flexibility index (Phi) is 6.04. The second-order valence-electron chi connectivity index (χ2n) is 6.77. The molecule has 0 saturated heterocycles. The van der Waals surface area contributed by atoms with Gasteiger partial charge in [-0.25, -0.2) is 0 Å². The van der Waals surface area contributed by atoms with Crippen LogP contribution in [0, 0.1) is 5.41 Å². The number of aromatic nitrogens is 2. The monoisotopic (exact) mass is 445 g/mol. The number of benzene rings is 2. The van der Waals surface area contributed by atoms with Crippen LogP contribution >= 0.6 is 27.3 Å². The molecule has 2 N–H and O–H groups in total. The summed E-state index contributed by atoms with van der Waals surface area (Å²) in [4.78, 5) is 13.1. The lowest BCUT2D eigenvalue weighted by molar-refractivity contribution is -0.124. The molecule has 1 amide bonds. The summed E-state index contributed by atoms with van der Waals surface area (Å²) in [5, 5.41) is 20.5. The van der Waals surface area contributed by atoms with Gasteiger partial charge < -0.3 is 10.4 Å². The zero-order valence-corrected chi connectivity index (χ0v) is 17.4. The number of amides is 1. The predicted molar refractivity (Wildman–Crippen MR) is 111 cm³/mol. The summed E-state index contributed by atoms with van der Waals surface area (Å²) in [6.07, 6.45) is 0. The fourth-order valence-corrected chi connectivity index (χ4v) is 4.12. The van der Waals surface area contributed by atoms with Crippen molar-refractivity contribution in [2.75, 3.05) is 5.32 Å². The van der Waals surface area contributed by atoms with Gasteiger partial charge in [-0.05, 0) is 22.8 Å². The molecule has 1 heterocycles. The number of halogens is 1. The van der Waals surface area contributed by atoms with Crippen molar-refractivity contribution >= 4 is 38.3 Å². The van der Waals surface area contributed by atoms with Crippen LogP contribution in [0.25, 0.3) is 0 Å². The number of nitrogens with zero attached hydrogens (tertiary/aromatic N) is 2. The highest BCUT2D eigenvalue weighted by Gasteiger charge is 2.39. The van der Waals surface area contributed by atoms with Gasteiger partial charge in [-0.15, -0.1) is 10.2 Å². The normalized spacial score (nSPS) is 12.6. The molecular weight excluding hydrogens is 426 g/mol. The highest BCUT2D eigenvalue weighted by molar-refractivity contribution is 9.10. The van der Waals surface area contributed by atoms with Crippen molar-refractivity contribution in [3.05, 3.63) is 75.2 Å². The van der Waals surface area contributed by atoms with E-state index in [1.165, 1.54) is 11.3 Å².